The predicted molar refractivity (Wildman–Crippen MR) is 143 cm³/mol. The molecule has 1 aromatic heterocycles. The Labute approximate surface area is 212 Å². The summed E-state index contributed by atoms with van der Waals surface area (Å²) in [5.74, 6) is -0.325. The Kier molecular flexibility index (Phi) is 8.88. The van der Waals surface area contributed by atoms with Crippen LogP contribution in [0.2, 0.25) is 0 Å². The van der Waals surface area contributed by atoms with Gasteiger partial charge in [-0.3, -0.25) is 14.2 Å². The molecule has 2 aromatic carbocycles. The number of hydrogen-bond donors (Lipinski definition) is 2. The fourth-order valence-electron chi connectivity index (χ4n) is 3.62. The molecule has 1 unspecified atom stereocenters. The lowest BCUT2D eigenvalue weighted by Crippen LogP contribution is -2.33. The number of ether oxygens (including phenoxy) is 2. The van der Waals surface area contributed by atoms with Gasteiger partial charge in [0.05, 0.1) is 25.1 Å². The molecule has 0 saturated carbocycles. The van der Waals surface area contributed by atoms with Gasteiger partial charge in [0.1, 0.15) is 12.1 Å². The monoisotopic (exact) mass is 492 g/mol. The molecule has 0 aliphatic carbocycles. The standard InChI is InChI=1S/C28H36N4O4/c1-6-19(2)31-26-27(34)32(16-25(33)36-28(3,4)5)24(15-30-26)22-12-21(13-23(29)14-22)18-35-17-20-10-8-7-9-11-20/h7-15,19H,6,16-18,29H2,1-5H3,(H,30,31). The summed E-state index contributed by atoms with van der Waals surface area (Å²) in [6, 6.07) is 15.4. The molecule has 0 spiro atoms. The molecule has 0 bridgehead atoms. The van der Waals surface area contributed by atoms with Crippen molar-refractivity contribution < 1.29 is 14.3 Å². The number of nitrogens with zero attached hydrogens (tertiary/aromatic N) is 2. The topological polar surface area (TPSA) is 108 Å². The second-order valence-corrected chi connectivity index (χ2v) is 9.87. The quantitative estimate of drug-likeness (QED) is 0.310. The number of hydrogen-bond acceptors (Lipinski definition) is 7. The molecule has 3 N–H and O–H groups in total. The molecular weight excluding hydrogens is 456 g/mol. The molecule has 0 amide bonds. The van der Waals surface area contributed by atoms with Crippen LogP contribution in [0.1, 0.15) is 52.2 Å². The number of aromatic nitrogens is 2. The molecule has 1 atom stereocenters. The van der Waals surface area contributed by atoms with Gasteiger partial charge >= 0.3 is 5.97 Å². The van der Waals surface area contributed by atoms with Crippen LogP contribution in [-0.2, 0) is 34.0 Å². The van der Waals surface area contributed by atoms with Crippen LogP contribution in [0.25, 0.3) is 11.3 Å². The summed E-state index contributed by atoms with van der Waals surface area (Å²) in [6.45, 7) is 9.89. The lowest BCUT2D eigenvalue weighted by Gasteiger charge is -2.21. The van der Waals surface area contributed by atoms with Gasteiger partial charge in [-0.1, -0.05) is 37.3 Å². The van der Waals surface area contributed by atoms with Gasteiger partial charge in [-0.25, -0.2) is 4.98 Å². The highest BCUT2D eigenvalue weighted by Crippen LogP contribution is 2.24. The fourth-order valence-corrected chi connectivity index (χ4v) is 3.62. The second kappa shape index (κ2) is 11.9. The summed E-state index contributed by atoms with van der Waals surface area (Å²) in [7, 11) is 0. The van der Waals surface area contributed by atoms with E-state index in [4.69, 9.17) is 15.2 Å². The average molecular weight is 493 g/mol. The van der Waals surface area contributed by atoms with Gasteiger partial charge in [0.15, 0.2) is 5.82 Å². The van der Waals surface area contributed by atoms with Crippen molar-refractivity contribution in [1.29, 1.82) is 0 Å². The summed E-state index contributed by atoms with van der Waals surface area (Å²) in [5, 5.41) is 3.13. The van der Waals surface area contributed by atoms with E-state index in [1.807, 2.05) is 56.3 Å². The Bertz CT molecular complexity index is 1230. The van der Waals surface area contributed by atoms with E-state index >= 15 is 0 Å². The normalized spacial score (nSPS) is 12.2. The molecule has 3 rings (SSSR count). The maximum atomic E-state index is 13.4. The molecule has 0 radical (unpaired) electrons. The van der Waals surface area contributed by atoms with Crippen molar-refractivity contribution in [3.63, 3.8) is 0 Å². The number of carbonyl (C=O) groups is 1. The summed E-state index contributed by atoms with van der Waals surface area (Å²) < 4.78 is 12.7. The van der Waals surface area contributed by atoms with Crippen molar-refractivity contribution in [2.75, 3.05) is 11.1 Å². The van der Waals surface area contributed by atoms with E-state index in [0.717, 1.165) is 17.5 Å². The third-order valence-corrected chi connectivity index (χ3v) is 5.45. The molecule has 8 heteroatoms. The highest BCUT2D eigenvalue weighted by Gasteiger charge is 2.21. The molecule has 3 aromatic rings. The van der Waals surface area contributed by atoms with Crippen molar-refractivity contribution in [2.45, 2.75) is 72.4 Å². The summed E-state index contributed by atoms with van der Waals surface area (Å²) >= 11 is 0. The van der Waals surface area contributed by atoms with Gasteiger partial charge in [-0.15, -0.1) is 0 Å². The molecule has 8 nitrogen and oxygen atoms in total. The predicted octanol–water partition coefficient (Wildman–Crippen LogP) is 4.76. The van der Waals surface area contributed by atoms with Crippen molar-refractivity contribution in [2.24, 2.45) is 0 Å². The van der Waals surface area contributed by atoms with Crippen LogP contribution in [0.15, 0.2) is 59.5 Å². The Morgan fingerprint density at radius 3 is 2.47 bits per heavy atom. The van der Waals surface area contributed by atoms with Crippen LogP contribution in [0, 0.1) is 0 Å². The minimum Gasteiger partial charge on any atom is -0.459 e. The molecule has 0 aliphatic heterocycles. The van der Waals surface area contributed by atoms with E-state index in [0.29, 0.717) is 30.2 Å². The molecule has 1 heterocycles. The summed E-state index contributed by atoms with van der Waals surface area (Å²) in [6.07, 6.45) is 2.40. The lowest BCUT2D eigenvalue weighted by atomic mass is 10.1. The first-order valence-electron chi connectivity index (χ1n) is 12.2. The number of esters is 1. The number of rotatable bonds is 10. The highest BCUT2D eigenvalue weighted by molar-refractivity contribution is 5.72. The number of anilines is 2. The van der Waals surface area contributed by atoms with E-state index in [1.54, 1.807) is 33.0 Å². The SMILES string of the molecule is CCC(C)Nc1ncc(-c2cc(N)cc(COCc3ccccc3)c2)n(CC(=O)OC(C)(C)C)c1=O. The smallest absolute Gasteiger partial charge is 0.326 e. The van der Waals surface area contributed by atoms with E-state index in [-0.39, 0.29) is 18.4 Å². The number of nitrogen functional groups attached to an aromatic ring is 1. The first-order valence-corrected chi connectivity index (χ1v) is 12.2. The van der Waals surface area contributed by atoms with Gasteiger partial charge in [0.2, 0.25) is 0 Å². The van der Waals surface area contributed by atoms with E-state index in [2.05, 4.69) is 10.3 Å². The minimum atomic E-state index is -0.674. The number of benzene rings is 2. The van der Waals surface area contributed by atoms with Crippen LogP contribution >= 0.6 is 0 Å². The number of nitrogens with one attached hydrogen (secondary N) is 1. The van der Waals surface area contributed by atoms with Crippen molar-refractivity contribution in [1.82, 2.24) is 9.55 Å². The lowest BCUT2D eigenvalue weighted by molar-refractivity contribution is -0.155. The number of carbonyl (C=O) groups excluding carboxylic acids is 1. The maximum Gasteiger partial charge on any atom is 0.326 e. The first-order chi connectivity index (χ1) is 17.1. The Morgan fingerprint density at radius 2 is 1.81 bits per heavy atom. The van der Waals surface area contributed by atoms with Crippen LogP contribution < -0.4 is 16.6 Å². The Balaban J connectivity index is 1.94. The zero-order chi connectivity index (χ0) is 26.3. The molecule has 192 valence electrons. The van der Waals surface area contributed by atoms with Crippen molar-refractivity contribution in [3.05, 3.63) is 76.2 Å². The highest BCUT2D eigenvalue weighted by atomic mass is 16.6. The van der Waals surface area contributed by atoms with Crippen molar-refractivity contribution >= 4 is 17.5 Å². The fraction of sp³-hybridized carbons (Fsp3) is 0.393. The Morgan fingerprint density at radius 1 is 1.11 bits per heavy atom. The number of nitrogens with two attached hydrogens (primary N) is 1. The third-order valence-electron chi connectivity index (χ3n) is 5.45. The second-order valence-electron chi connectivity index (χ2n) is 9.87. The average Bonchev–Trinajstić information content (AvgIpc) is 2.80. The third kappa shape index (κ3) is 7.68. The van der Waals surface area contributed by atoms with E-state index < -0.39 is 17.1 Å². The van der Waals surface area contributed by atoms with Crippen LogP contribution in [0.4, 0.5) is 11.5 Å². The zero-order valence-electron chi connectivity index (χ0n) is 21.7. The van der Waals surface area contributed by atoms with Gasteiger partial charge in [-0.2, -0.15) is 0 Å². The van der Waals surface area contributed by atoms with Gasteiger partial charge in [-0.05, 0) is 63.4 Å². The maximum absolute atomic E-state index is 13.4. The minimum absolute atomic E-state index is 0.0479. The molecule has 0 saturated heterocycles. The summed E-state index contributed by atoms with van der Waals surface area (Å²) in [4.78, 5) is 30.5. The largest absolute Gasteiger partial charge is 0.459 e. The van der Waals surface area contributed by atoms with E-state index in [9.17, 15) is 9.59 Å². The van der Waals surface area contributed by atoms with Gasteiger partial charge in [0.25, 0.3) is 5.56 Å². The van der Waals surface area contributed by atoms with Gasteiger partial charge < -0.3 is 20.5 Å². The first kappa shape index (κ1) is 26.9. The van der Waals surface area contributed by atoms with Crippen molar-refractivity contribution in [3.8, 4) is 11.3 Å². The molecule has 0 aliphatic rings. The van der Waals surface area contributed by atoms with Crippen LogP contribution in [0.5, 0.6) is 0 Å². The Hall–Kier alpha value is -3.65. The van der Waals surface area contributed by atoms with Gasteiger partial charge in [0, 0.05) is 17.3 Å². The molecule has 36 heavy (non-hydrogen) atoms. The van der Waals surface area contributed by atoms with E-state index in [1.165, 1.54) is 4.57 Å². The molecule has 0 fully saturated rings. The molecular formula is C28H36N4O4. The van der Waals surface area contributed by atoms with Crippen LogP contribution in [0.3, 0.4) is 0 Å². The zero-order valence-corrected chi connectivity index (χ0v) is 21.7. The van der Waals surface area contributed by atoms with Crippen LogP contribution in [-0.4, -0.2) is 27.2 Å². The summed E-state index contributed by atoms with van der Waals surface area (Å²) in [5.41, 5.74) is 8.69.